The molecule has 0 spiro atoms. The molecular formula is C16H18FN5OS. The maximum Gasteiger partial charge on any atom is 0.186 e. The van der Waals surface area contributed by atoms with Gasteiger partial charge in [0.2, 0.25) is 0 Å². The van der Waals surface area contributed by atoms with Crippen LogP contribution in [0.5, 0.6) is 0 Å². The third-order valence-corrected chi connectivity index (χ3v) is 4.52. The Morgan fingerprint density at radius 3 is 2.83 bits per heavy atom. The number of benzene rings is 1. The molecule has 3 aromatic rings. The molecule has 2 heterocycles. The maximum atomic E-state index is 13.0. The van der Waals surface area contributed by atoms with E-state index in [0.29, 0.717) is 19.7 Å². The Kier molecular flexibility index (Phi) is 5.17. The third kappa shape index (κ3) is 3.77. The number of hydrogen-bond donors (Lipinski definition) is 0. The van der Waals surface area contributed by atoms with Crippen molar-refractivity contribution in [3.05, 3.63) is 47.6 Å². The van der Waals surface area contributed by atoms with Gasteiger partial charge in [-0.1, -0.05) is 0 Å². The number of anilines is 1. The van der Waals surface area contributed by atoms with Gasteiger partial charge in [0.15, 0.2) is 11.0 Å². The molecule has 24 heavy (non-hydrogen) atoms. The van der Waals surface area contributed by atoms with Crippen LogP contribution in [0.15, 0.2) is 36.0 Å². The van der Waals surface area contributed by atoms with E-state index in [9.17, 15) is 4.39 Å². The van der Waals surface area contributed by atoms with Crippen LogP contribution >= 0.6 is 11.3 Å². The number of halogens is 1. The van der Waals surface area contributed by atoms with Crippen molar-refractivity contribution in [2.45, 2.75) is 13.1 Å². The van der Waals surface area contributed by atoms with Gasteiger partial charge in [-0.05, 0) is 24.3 Å². The van der Waals surface area contributed by atoms with E-state index in [4.69, 9.17) is 4.74 Å². The molecular weight excluding hydrogens is 329 g/mol. The smallest absolute Gasteiger partial charge is 0.186 e. The second-order valence-corrected chi connectivity index (χ2v) is 6.15. The molecule has 0 amide bonds. The van der Waals surface area contributed by atoms with Crippen molar-refractivity contribution in [3.63, 3.8) is 0 Å². The van der Waals surface area contributed by atoms with Gasteiger partial charge < -0.3 is 14.2 Å². The van der Waals surface area contributed by atoms with E-state index in [0.717, 1.165) is 22.2 Å². The molecule has 126 valence electrons. The molecule has 0 bridgehead atoms. The van der Waals surface area contributed by atoms with E-state index >= 15 is 0 Å². The van der Waals surface area contributed by atoms with Gasteiger partial charge in [0.05, 0.1) is 18.8 Å². The maximum absolute atomic E-state index is 13.0. The molecule has 2 aromatic heterocycles. The first-order chi connectivity index (χ1) is 11.7. The van der Waals surface area contributed by atoms with Gasteiger partial charge in [0, 0.05) is 31.6 Å². The van der Waals surface area contributed by atoms with Gasteiger partial charge in [-0.15, -0.1) is 21.5 Å². The SMILES string of the molecule is COCCn1cnnc1CN(C)c1nc(-c2ccc(F)cc2)cs1. The molecule has 0 fully saturated rings. The van der Waals surface area contributed by atoms with Crippen LogP contribution in [-0.2, 0) is 17.8 Å². The molecule has 3 rings (SSSR count). The van der Waals surface area contributed by atoms with Gasteiger partial charge in [-0.3, -0.25) is 0 Å². The van der Waals surface area contributed by atoms with E-state index in [1.54, 1.807) is 36.9 Å². The largest absolute Gasteiger partial charge is 0.383 e. The van der Waals surface area contributed by atoms with Gasteiger partial charge in [-0.2, -0.15) is 0 Å². The van der Waals surface area contributed by atoms with Gasteiger partial charge in [0.25, 0.3) is 0 Å². The lowest BCUT2D eigenvalue weighted by Crippen LogP contribution is -2.20. The summed E-state index contributed by atoms with van der Waals surface area (Å²) in [6.45, 7) is 1.92. The Bertz CT molecular complexity index is 786. The molecule has 0 aliphatic heterocycles. The zero-order valence-corrected chi connectivity index (χ0v) is 14.3. The highest BCUT2D eigenvalue weighted by molar-refractivity contribution is 7.14. The van der Waals surface area contributed by atoms with Crippen LogP contribution in [0.25, 0.3) is 11.3 Å². The fraction of sp³-hybridized carbons (Fsp3) is 0.312. The Morgan fingerprint density at radius 1 is 1.29 bits per heavy atom. The first kappa shape index (κ1) is 16.5. The monoisotopic (exact) mass is 347 g/mol. The summed E-state index contributed by atoms with van der Waals surface area (Å²) in [7, 11) is 3.63. The standard InChI is InChI=1S/C16H18FN5OS/c1-21(9-15-20-18-11-22(15)7-8-23-2)16-19-14(10-24-16)12-3-5-13(17)6-4-12/h3-6,10-11H,7-9H2,1-2H3. The molecule has 6 nitrogen and oxygen atoms in total. The molecule has 0 radical (unpaired) electrons. The number of methoxy groups -OCH3 is 1. The Morgan fingerprint density at radius 2 is 2.08 bits per heavy atom. The van der Waals surface area contributed by atoms with E-state index in [1.165, 1.54) is 12.1 Å². The van der Waals surface area contributed by atoms with Crippen molar-refractivity contribution in [2.75, 3.05) is 25.7 Å². The zero-order chi connectivity index (χ0) is 16.9. The first-order valence-electron chi connectivity index (χ1n) is 7.45. The zero-order valence-electron chi connectivity index (χ0n) is 13.5. The summed E-state index contributed by atoms with van der Waals surface area (Å²) in [4.78, 5) is 6.64. The molecule has 1 aromatic carbocycles. The van der Waals surface area contributed by atoms with E-state index < -0.39 is 0 Å². The Labute approximate surface area is 143 Å². The molecule has 0 saturated carbocycles. The first-order valence-corrected chi connectivity index (χ1v) is 8.33. The van der Waals surface area contributed by atoms with E-state index in [2.05, 4.69) is 15.2 Å². The lowest BCUT2D eigenvalue weighted by atomic mass is 10.2. The van der Waals surface area contributed by atoms with Crippen molar-refractivity contribution in [2.24, 2.45) is 0 Å². The minimum atomic E-state index is -0.248. The highest BCUT2D eigenvalue weighted by Gasteiger charge is 2.12. The predicted octanol–water partition coefficient (Wildman–Crippen LogP) is 2.82. The number of aromatic nitrogens is 4. The van der Waals surface area contributed by atoms with Crippen LogP contribution in [0.2, 0.25) is 0 Å². The van der Waals surface area contributed by atoms with Crippen LogP contribution in [0.4, 0.5) is 9.52 Å². The van der Waals surface area contributed by atoms with Crippen molar-refractivity contribution in [3.8, 4) is 11.3 Å². The quantitative estimate of drug-likeness (QED) is 0.658. The fourth-order valence-corrected chi connectivity index (χ4v) is 3.05. The number of nitrogens with zero attached hydrogens (tertiary/aromatic N) is 5. The number of thiazole rings is 1. The minimum absolute atomic E-state index is 0.248. The minimum Gasteiger partial charge on any atom is -0.383 e. The lowest BCUT2D eigenvalue weighted by Gasteiger charge is -2.15. The van der Waals surface area contributed by atoms with Crippen LogP contribution < -0.4 is 4.90 Å². The Hall–Kier alpha value is -2.32. The lowest BCUT2D eigenvalue weighted by molar-refractivity contribution is 0.186. The summed E-state index contributed by atoms with van der Waals surface area (Å²) in [5.41, 5.74) is 1.73. The summed E-state index contributed by atoms with van der Waals surface area (Å²) in [5, 5.41) is 11.0. The van der Waals surface area contributed by atoms with Crippen LogP contribution in [-0.4, -0.2) is 40.5 Å². The predicted molar refractivity (Wildman–Crippen MR) is 91.5 cm³/mol. The molecule has 0 unspecified atom stereocenters. The third-order valence-electron chi connectivity index (χ3n) is 3.57. The Balaban J connectivity index is 1.71. The summed E-state index contributed by atoms with van der Waals surface area (Å²) in [6.07, 6.45) is 1.70. The van der Waals surface area contributed by atoms with Crippen LogP contribution in [0.1, 0.15) is 5.82 Å². The molecule has 0 aliphatic rings. The van der Waals surface area contributed by atoms with Crippen molar-refractivity contribution in [1.29, 1.82) is 0 Å². The number of rotatable bonds is 7. The van der Waals surface area contributed by atoms with Crippen molar-refractivity contribution < 1.29 is 9.13 Å². The molecule has 0 aliphatic carbocycles. The van der Waals surface area contributed by atoms with Gasteiger partial charge in [0.1, 0.15) is 12.1 Å². The van der Waals surface area contributed by atoms with Crippen LogP contribution in [0, 0.1) is 5.82 Å². The highest BCUT2D eigenvalue weighted by atomic mass is 32.1. The summed E-state index contributed by atoms with van der Waals surface area (Å²) >= 11 is 1.54. The normalized spacial score (nSPS) is 11.0. The molecule has 0 saturated heterocycles. The van der Waals surface area contributed by atoms with E-state index in [-0.39, 0.29) is 5.82 Å². The number of hydrogen-bond acceptors (Lipinski definition) is 6. The summed E-state index contributed by atoms with van der Waals surface area (Å²) in [6, 6.07) is 6.35. The van der Waals surface area contributed by atoms with Crippen molar-refractivity contribution in [1.82, 2.24) is 19.7 Å². The van der Waals surface area contributed by atoms with Gasteiger partial charge >= 0.3 is 0 Å². The average molecular weight is 347 g/mol. The van der Waals surface area contributed by atoms with Crippen molar-refractivity contribution >= 4 is 16.5 Å². The van der Waals surface area contributed by atoms with Crippen LogP contribution in [0.3, 0.4) is 0 Å². The molecule has 0 atom stereocenters. The van der Waals surface area contributed by atoms with E-state index in [1.807, 2.05) is 21.9 Å². The summed E-state index contributed by atoms with van der Waals surface area (Å²) in [5.74, 6) is 0.606. The fourth-order valence-electron chi connectivity index (χ4n) is 2.25. The second kappa shape index (κ2) is 7.50. The molecule has 0 N–H and O–H groups in total. The average Bonchev–Trinajstić information content (AvgIpc) is 3.23. The van der Waals surface area contributed by atoms with Gasteiger partial charge in [-0.25, -0.2) is 9.37 Å². The molecule has 8 heteroatoms. The topological polar surface area (TPSA) is 56.1 Å². The highest BCUT2D eigenvalue weighted by Crippen LogP contribution is 2.27. The number of ether oxygens (including phenoxy) is 1. The second-order valence-electron chi connectivity index (χ2n) is 5.31. The summed E-state index contributed by atoms with van der Waals surface area (Å²) < 4.78 is 20.1.